The van der Waals surface area contributed by atoms with Crippen molar-refractivity contribution in [3.63, 3.8) is 0 Å². The van der Waals surface area contributed by atoms with E-state index in [0.717, 1.165) is 5.56 Å². The summed E-state index contributed by atoms with van der Waals surface area (Å²) in [6, 6.07) is 4.74. The molecule has 0 aliphatic carbocycles. The Hall–Kier alpha value is -1.13. The molecule has 1 fully saturated rings. The van der Waals surface area contributed by atoms with Gasteiger partial charge in [-0.2, -0.15) is 0 Å². The average Bonchev–Trinajstić information content (AvgIpc) is 2.64. The van der Waals surface area contributed by atoms with Crippen molar-refractivity contribution in [3.05, 3.63) is 29.6 Å². The molecule has 3 nitrogen and oxygen atoms in total. The molecule has 0 saturated carbocycles. The first-order valence-electron chi connectivity index (χ1n) is 5.56. The van der Waals surface area contributed by atoms with Crippen LogP contribution in [-0.4, -0.2) is 24.3 Å². The van der Waals surface area contributed by atoms with Crippen molar-refractivity contribution in [3.8, 4) is 0 Å². The van der Waals surface area contributed by atoms with E-state index in [1.165, 1.54) is 6.07 Å². The summed E-state index contributed by atoms with van der Waals surface area (Å²) < 4.78 is 13.8. The molecule has 1 aromatic rings. The quantitative estimate of drug-likeness (QED) is 0.798. The van der Waals surface area contributed by atoms with Gasteiger partial charge in [0.25, 0.3) is 0 Å². The summed E-state index contributed by atoms with van der Waals surface area (Å²) in [5.74, 6) is -0.260. The lowest BCUT2D eigenvalue weighted by molar-refractivity contribution is 0.198. The topological polar surface area (TPSA) is 49.5 Å². The number of hydrogen-bond acceptors (Lipinski definition) is 3. The number of hydrogen-bond donors (Lipinski definition) is 2. The van der Waals surface area contributed by atoms with Gasteiger partial charge < -0.3 is 15.7 Å². The highest BCUT2D eigenvalue weighted by atomic mass is 19.1. The molecule has 0 spiro atoms. The maximum Gasteiger partial charge on any atom is 0.146 e. The largest absolute Gasteiger partial charge is 0.391 e. The van der Waals surface area contributed by atoms with Gasteiger partial charge in [0, 0.05) is 19.1 Å². The van der Waals surface area contributed by atoms with Crippen molar-refractivity contribution in [2.24, 2.45) is 5.73 Å². The van der Waals surface area contributed by atoms with E-state index in [1.54, 1.807) is 6.07 Å². The van der Waals surface area contributed by atoms with Gasteiger partial charge in [-0.05, 0) is 25.0 Å². The monoisotopic (exact) mass is 224 g/mol. The van der Waals surface area contributed by atoms with E-state index >= 15 is 0 Å². The van der Waals surface area contributed by atoms with Crippen LogP contribution in [0.1, 0.15) is 24.9 Å². The van der Waals surface area contributed by atoms with Gasteiger partial charge in [-0.25, -0.2) is 4.39 Å². The molecule has 1 aliphatic rings. The van der Waals surface area contributed by atoms with Crippen molar-refractivity contribution in [1.82, 2.24) is 0 Å². The number of nitrogens with two attached hydrogens (primary N) is 1. The lowest BCUT2D eigenvalue weighted by atomic mass is 10.1. The van der Waals surface area contributed by atoms with E-state index in [9.17, 15) is 9.50 Å². The van der Waals surface area contributed by atoms with Crippen LogP contribution in [0.4, 0.5) is 10.1 Å². The van der Waals surface area contributed by atoms with Crippen LogP contribution in [0.15, 0.2) is 18.2 Å². The van der Waals surface area contributed by atoms with Crippen molar-refractivity contribution >= 4 is 5.69 Å². The fraction of sp³-hybridized carbons (Fsp3) is 0.500. The van der Waals surface area contributed by atoms with Crippen LogP contribution in [0.3, 0.4) is 0 Å². The summed E-state index contributed by atoms with van der Waals surface area (Å²) in [5.41, 5.74) is 7.18. The normalized spacial score (nSPS) is 22.5. The van der Waals surface area contributed by atoms with E-state index in [2.05, 4.69) is 0 Å². The van der Waals surface area contributed by atoms with Gasteiger partial charge in [-0.1, -0.05) is 12.1 Å². The molecule has 1 aromatic carbocycles. The van der Waals surface area contributed by atoms with Crippen molar-refractivity contribution in [2.75, 3.05) is 18.0 Å². The number of β-amino-alcohol motifs (C(OH)–C–C–N with tert-alkyl or cyclic N) is 1. The second kappa shape index (κ2) is 4.39. The Balaban J connectivity index is 2.38. The second-order valence-electron chi connectivity index (χ2n) is 4.35. The Morgan fingerprint density at radius 1 is 1.56 bits per heavy atom. The molecule has 16 heavy (non-hydrogen) atoms. The lowest BCUT2D eigenvalue weighted by Gasteiger charge is -2.23. The molecule has 2 rings (SSSR count). The second-order valence-corrected chi connectivity index (χ2v) is 4.35. The minimum absolute atomic E-state index is 0.205. The van der Waals surface area contributed by atoms with E-state index < -0.39 is 0 Å². The van der Waals surface area contributed by atoms with Crippen LogP contribution >= 0.6 is 0 Å². The molecule has 88 valence electrons. The van der Waals surface area contributed by atoms with Gasteiger partial charge in [-0.3, -0.25) is 0 Å². The van der Waals surface area contributed by atoms with E-state index in [0.29, 0.717) is 25.2 Å². The van der Waals surface area contributed by atoms with Gasteiger partial charge >= 0.3 is 0 Å². The lowest BCUT2D eigenvalue weighted by Crippen LogP contribution is -2.25. The number of anilines is 1. The van der Waals surface area contributed by atoms with Crippen LogP contribution in [0.2, 0.25) is 0 Å². The van der Waals surface area contributed by atoms with Crippen LogP contribution in [0, 0.1) is 5.82 Å². The minimum atomic E-state index is -0.361. The van der Waals surface area contributed by atoms with Crippen molar-refractivity contribution in [2.45, 2.75) is 25.5 Å². The molecule has 2 atom stereocenters. The number of nitrogens with zero attached hydrogens (tertiary/aromatic N) is 1. The third-order valence-corrected chi connectivity index (χ3v) is 2.99. The maximum atomic E-state index is 13.8. The molecule has 0 bridgehead atoms. The van der Waals surface area contributed by atoms with E-state index in [-0.39, 0.29) is 18.0 Å². The Labute approximate surface area is 94.7 Å². The zero-order valence-electron chi connectivity index (χ0n) is 9.36. The molecule has 3 N–H and O–H groups in total. The minimum Gasteiger partial charge on any atom is -0.391 e. The summed E-state index contributed by atoms with van der Waals surface area (Å²) in [6.45, 7) is 3.01. The first-order valence-corrected chi connectivity index (χ1v) is 5.56. The third-order valence-electron chi connectivity index (χ3n) is 2.99. The Kier molecular flexibility index (Phi) is 3.12. The fourth-order valence-corrected chi connectivity index (χ4v) is 2.18. The predicted octanol–water partition coefficient (Wildman–Crippen LogP) is 1.42. The number of aliphatic hydroxyl groups excluding tert-OH is 1. The van der Waals surface area contributed by atoms with Crippen molar-refractivity contribution in [1.29, 1.82) is 0 Å². The summed E-state index contributed by atoms with van der Waals surface area (Å²) in [6.07, 6.45) is 0.327. The Morgan fingerprint density at radius 3 is 2.88 bits per heavy atom. The first kappa shape index (κ1) is 11.4. The third kappa shape index (κ3) is 2.03. The van der Waals surface area contributed by atoms with Crippen LogP contribution in [-0.2, 0) is 0 Å². The molecule has 0 radical (unpaired) electrons. The summed E-state index contributed by atoms with van der Waals surface area (Å²) in [4.78, 5) is 1.87. The van der Waals surface area contributed by atoms with E-state index in [4.69, 9.17) is 5.73 Å². The molecule has 1 aliphatic heterocycles. The number of halogens is 1. The summed E-state index contributed by atoms with van der Waals surface area (Å²) in [7, 11) is 0. The highest BCUT2D eigenvalue weighted by Crippen LogP contribution is 2.30. The molecule has 1 saturated heterocycles. The standard InChI is InChI=1S/C12H17FN2O/c1-8(14)10-3-2-4-11(13)12(10)15-6-5-9(16)7-15/h2-4,8-9,16H,5-7,14H2,1H3. The first-order chi connectivity index (χ1) is 7.59. The van der Waals surface area contributed by atoms with Crippen LogP contribution in [0.5, 0.6) is 0 Å². The highest BCUT2D eigenvalue weighted by Gasteiger charge is 2.25. The number of para-hydroxylation sites is 1. The molecular weight excluding hydrogens is 207 g/mol. The van der Waals surface area contributed by atoms with Crippen molar-refractivity contribution < 1.29 is 9.50 Å². The molecular formula is C12H17FN2O. The Bertz CT molecular complexity index is 381. The van der Waals surface area contributed by atoms with Gasteiger partial charge in [-0.15, -0.1) is 0 Å². The molecule has 1 heterocycles. The van der Waals surface area contributed by atoms with Gasteiger partial charge in [0.05, 0.1) is 11.8 Å². The maximum absolute atomic E-state index is 13.8. The van der Waals surface area contributed by atoms with Gasteiger partial charge in [0.15, 0.2) is 0 Å². The average molecular weight is 224 g/mol. The summed E-state index contributed by atoms with van der Waals surface area (Å²) >= 11 is 0. The van der Waals surface area contributed by atoms with Gasteiger partial charge in [0.1, 0.15) is 5.82 Å². The number of rotatable bonds is 2. The zero-order chi connectivity index (χ0) is 11.7. The smallest absolute Gasteiger partial charge is 0.146 e. The fourth-order valence-electron chi connectivity index (χ4n) is 2.18. The zero-order valence-corrected chi connectivity index (χ0v) is 9.36. The predicted molar refractivity (Wildman–Crippen MR) is 61.8 cm³/mol. The molecule has 4 heteroatoms. The molecule has 0 aromatic heterocycles. The molecule has 0 amide bonds. The number of aliphatic hydroxyl groups is 1. The highest BCUT2D eigenvalue weighted by molar-refractivity contribution is 5.56. The summed E-state index contributed by atoms with van der Waals surface area (Å²) in [5, 5.41) is 9.49. The van der Waals surface area contributed by atoms with Crippen LogP contribution < -0.4 is 10.6 Å². The SMILES string of the molecule is CC(N)c1cccc(F)c1N1CCC(O)C1. The number of benzene rings is 1. The van der Waals surface area contributed by atoms with Crippen LogP contribution in [0.25, 0.3) is 0 Å². The van der Waals surface area contributed by atoms with E-state index in [1.807, 2.05) is 17.9 Å². The molecule has 2 unspecified atom stereocenters. The van der Waals surface area contributed by atoms with Gasteiger partial charge in [0.2, 0.25) is 0 Å². The Morgan fingerprint density at radius 2 is 2.31 bits per heavy atom.